The molecule has 0 spiro atoms. The average Bonchev–Trinajstić information content (AvgIpc) is 2.29. The minimum absolute atomic E-state index is 0.355. The van der Waals surface area contributed by atoms with Crippen molar-refractivity contribution in [2.75, 3.05) is 13.7 Å². The molecule has 0 bridgehead atoms. The van der Waals surface area contributed by atoms with Crippen LogP contribution in [0.3, 0.4) is 0 Å². The summed E-state index contributed by atoms with van der Waals surface area (Å²) in [6.45, 7) is 4.08. The fourth-order valence-corrected chi connectivity index (χ4v) is 1.65. The van der Waals surface area contributed by atoms with Gasteiger partial charge in [0.2, 0.25) is 0 Å². The molecule has 0 saturated heterocycles. The molecule has 2 N–H and O–H groups in total. The van der Waals surface area contributed by atoms with Crippen LogP contribution in [0.4, 0.5) is 0 Å². The lowest BCUT2D eigenvalue weighted by atomic mass is 10.0. The Labute approximate surface area is 102 Å². The van der Waals surface area contributed by atoms with Gasteiger partial charge in [-0.15, -0.1) is 0 Å². The number of benzene rings is 1. The third kappa shape index (κ3) is 3.75. The standard InChI is InChI=1S/C13H19NO3/c1-4-17-13(15)11(14)8-10-5-6-12(16-3)9(2)7-10/h5-7,11H,4,8,14H2,1-3H3/t11-/m0/s1. The van der Waals surface area contributed by atoms with E-state index in [0.29, 0.717) is 13.0 Å². The SMILES string of the molecule is CCOC(=O)[C@@H](N)Cc1ccc(OC)c(C)c1. The summed E-state index contributed by atoms with van der Waals surface area (Å²) in [5.74, 6) is 0.472. The molecule has 1 rings (SSSR count). The van der Waals surface area contributed by atoms with E-state index in [1.165, 1.54) is 0 Å². The number of ether oxygens (including phenoxy) is 2. The first-order valence-electron chi connectivity index (χ1n) is 5.64. The topological polar surface area (TPSA) is 61.5 Å². The molecule has 0 radical (unpaired) electrons. The van der Waals surface area contributed by atoms with Gasteiger partial charge in [0.25, 0.3) is 0 Å². The summed E-state index contributed by atoms with van der Waals surface area (Å²) in [7, 11) is 1.63. The van der Waals surface area contributed by atoms with E-state index in [1.54, 1.807) is 14.0 Å². The summed E-state index contributed by atoms with van der Waals surface area (Å²) in [5.41, 5.74) is 7.78. The number of esters is 1. The summed E-state index contributed by atoms with van der Waals surface area (Å²) in [5, 5.41) is 0. The van der Waals surface area contributed by atoms with Crippen LogP contribution in [-0.4, -0.2) is 25.7 Å². The quantitative estimate of drug-likeness (QED) is 0.787. The van der Waals surface area contributed by atoms with Crippen molar-refractivity contribution in [3.05, 3.63) is 29.3 Å². The van der Waals surface area contributed by atoms with Crippen molar-refractivity contribution in [2.24, 2.45) is 5.73 Å². The van der Waals surface area contributed by atoms with Crippen molar-refractivity contribution in [3.8, 4) is 5.75 Å². The lowest BCUT2D eigenvalue weighted by Gasteiger charge is -2.12. The highest BCUT2D eigenvalue weighted by atomic mass is 16.5. The van der Waals surface area contributed by atoms with Crippen LogP contribution in [0.5, 0.6) is 5.75 Å². The fourth-order valence-electron chi connectivity index (χ4n) is 1.65. The van der Waals surface area contributed by atoms with Gasteiger partial charge in [-0.2, -0.15) is 0 Å². The summed E-state index contributed by atoms with van der Waals surface area (Å²) >= 11 is 0. The molecule has 0 aromatic heterocycles. The van der Waals surface area contributed by atoms with Crippen LogP contribution >= 0.6 is 0 Å². The molecule has 94 valence electrons. The molecule has 0 amide bonds. The number of rotatable bonds is 5. The van der Waals surface area contributed by atoms with E-state index in [4.69, 9.17) is 15.2 Å². The van der Waals surface area contributed by atoms with Crippen molar-refractivity contribution >= 4 is 5.97 Å². The monoisotopic (exact) mass is 237 g/mol. The maximum Gasteiger partial charge on any atom is 0.323 e. The molecule has 0 saturated carbocycles. The predicted octanol–water partition coefficient (Wildman–Crippen LogP) is 1.44. The van der Waals surface area contributed by atoms with Gasteiger partial charge in [-0.05, 0) is 37.5 Å². The molecule has 4 heteroatoms. The van der Waals surface area contributed by atoms with Gasteiger partial charge in [0.1, 0.15) is 11.8 Å². The first-order chi connectivity index (χ1) is 8.08. The minimum Gasteiger partial charge on any atom is -0.496 e. The van der Waals surface area contributed by atoms with Gasteiger partial charge in [0.05, 0.1) is 13.7 Å². The van der Waals surface area contributed by atoms with Crippen LogP contribution in [0.25, 0.3) is 0 Å². The summed E-state index contributed by atoms with van der Waals surface area (Å²) < 4.78 is 10.0. The van der Waals surface area contributed by atoms with E-state index < -0.39 is 6.04 Å². The number of aryl methyl sites for hydroxylation is 1. The van der Waals surface area contributed by atoms with Crippen LogP contribution in [0.1, 0.15) is 18.1 Å². The zero-order chi connectivity index (χ0) is 12.8. The van der Waals surface area contributed by atoms with E-state index in [-0.39, 0.29) is 5.97 Å². The van der Waals surface area contributed by atoms with Crippen LogP contribution < -0.4 is 10.5 Å². The highest BCUT2D eigenvalue weighted by Gasteiger charge is 2.15. The summed E-state index contributed by atoms with van der Waals surface area (Å²) in [6, 6.07) is 5.15. The van der Waals surface area contributed by atoms with Crippen molar-refractivity contribution in [2.45, 2.75) is 26.3 Å². The first kappa shape index (κ1) is 13.5. The molecule has 1 aromatic rings. The molecular formula is C13H19NO3. The second-order valence-electron chi connectivity index (χ2n) is 3.87. The second kappa shape index (κ2) is 6.25. The number of carbonyl (C=O) groups is 1. The fraction of sp³-hybridized carbons (Fsp3) is 0.462. The molecular weight excluding hydrogens is 218 g/mol. The number of hydrogen-bond donors (Lipinski definition) is 1. The van der Waals surface area contributed by atoms with Crippen LogP contribution in [0, 0.1) is 6.92 Å². The Hall–Kier alpha value is -1.55. The highest BCUT2D eigenvalue weighted by molar-refractivity contribution is 5.75. The van der Waals surface area contributed by atoms with Gasteiger partial charge in [-0.25, -0.2) is 0 Å². The van der Waals surface area contributed by atoms with Crippen molar-refractivity contribution in [3.63, 3.8) is 0 Å². The van der Waals surface area contributed by atoms with E-state index in [2.05, 4.69) is 0 Å². The molecule has 0 aliphatic heterocycles. The number of hydrogen-bond acceptors (Lipinski definition) is 4. The van der Waals surface area contributed by atoms with Crippen molar-refractivity contribution in [1.29, 1.82) is 0 Å². The van der Waals surface area contributed by atoms with E-state index in [0.717, 1.165) is 16.9 Å². The van der Waals surface area contributed by atoms with Crippen molar-refractivity contribution < 1.29 is 14.3 Å². The Morgan fingerprint density at radius 1 is 1.47 bits per heavy atom. The van der Waals surface area contributed by atoms with Crippen LogP contribution in [0.15, 0.2) is 18.2 Å². The molecule has 0 aliphatic rings. The van der Waals surface area contributed by atoms with Crippen LogP contribution in [0.2, 0.25) is 0 Å². The molecule has 1 aromatic carbocycles. The molecule has 17 heavy (non-hydrogen) atoms. The first-order valence-corrected chi connectivity index (χ1v) is 5.64. The Morgan fingerprint density at radius 2 is 2.18 bits per heavy atom. The lowest BCUT2D eigenvalue weighted by Crippen LogP contribution is -2.34. The second-order valence-corrected chi connectivity index (χ2v) is 3.87. The van der Waals surface area contributed by atoms with Gasteiger partial charge in [0.15, 0.2) is 0 Å². The molecule has 1 atom stereocenters. The molecule has 0 unspecified atom stereocenters. The predicted molar refractivity (Wildman–Crippen MR) is 66.0 cm³/mol. The van der Waals surface area contributed by atoms with E-state index >= 15 is 0 Å². The van der Waals surface area contributed by atoms with Gasteiger partial charge in [-0.1, -0.05) is 12.1 Å². The highest BCUT2D eigenvalue weighted by Crippen LogP contribution is 2.19. The van der Waals surface area contributed by atoms with Gasteiger partial charge in [-0.3, -0.25) is 4.79 Å². The van der Waals surface area contributed by atoms with Crippen LogP contribution in [-0.2, 0) is 16.0 Å². The Bertz CT molecular complexity index is 390. The maximum absolute atomic E-state index is 11.4. The molecule has 0 heterocycles. The summed E-state index contributed by atoms with van der Waals surface area (Å²) in [6.07, 6.45) is 0.476. The molecule has 0 aliphatic carbocycles. The van der Waals surface area contributed by atoms with Gasteiger partial charge < -0.3 is 15.2 Å². The van der Waals surface area contributed by atoms with Gasteiger partial charge >= 0.3 is 5.97 Å². The minimum atomic E-state index is -0.609. The maximum atomic E-state index is 11.4. The smallest absolute Gasteiger partial charge is 0.323 e. The van der Waals surface area contributed by atoms with Gasteiger partial charge in [0, 0.05) is 0 Å². The normalized spacial score (nSPS) is 12.0. The Balaban J connectivity index is 2.68. The molecule has 4 nitrogen and oxygen atoms in total. The zero-order valence-electron chi connectivity index (χ0n) is 10.5. The third-order valence-corrected chi connectivity index (χ3v) is 2.50. The third-order valence-electron chi connectivity index (χ3n) is 2.50. The largest absolute Gasteiger partial charge is 0.496 e. The lowest BCUT2D eigenvalue weighted by molar-refractivity contribution is -0.144. The molecule has 0 fully saturated rings. The van der Waals surface area contributed by atoms with Crippen molar-refractivity contribution in [1.82, 2.24) is 0 Å². The average molecular weight is 237 g/mol. The Morgan fingerprint density at radius 3 is 2.71 bits per heavy atom. The summed E-state index contributed by atoms with van der Waals surface area (Å²) in [4.78, 5) is 11.4. The number of carbonyl (C=O) groups excluding carboxylic acids is 1. The number of nitrogens with two attached hydrogens (primary N) is 1. The van der Waals surface area contributed by atoms with E-state index in [1.807, 2.05) is 25.1 Å². The van der Waals surface area contributed by atoms with E-state index in [9.17, 15) is 4.79 Å². The Kier molecular flexibility index (Phi) is 4.97. The number of methoxy groups -OCH3 is 1. The zero-order valence-corrected chi connectivity index (χ0v) is 10.5.